The lowest BCUT2D eigenvalue weighted by Gasteiger charge is -2.31. The van der Waals surface area contributed by atoms with Crippen molar-refractivity contribution in [3.63, 3.8) is 0 Å². The normalized spacial score (nSPS) is 17.1. The Morgan fingerprint density at radius 1 is 1.23 bits per heavy atom. The Balaban J connectivity index is 1.63. The molecule has 0 aliphatic carbocycles. The summed E-state index contributed by atoms with van der Waals surface area (Å²) in [5, 5.41) is 10.5. The van der Waals surface area contributed by atoms with E-state index in [-0.39, 0.29) is 11.2 Å². The third kappa shape index (κ3) is 3.07. The Morgan fingerprint density at radius 3 is 2.73 bits per heavy atom. The molecule has 0 bridgehead atoms. The molecule has 6 heteroatoms. The van der Waals surface area contributed by atoms with E-state index in [4.69, 9.17) is 0 Å². The van der Waals surface area contributed by atoms with Crippen molar-refractivity contribution in [2.75, 3.05) is 13.1 Å². The maximum Gasteiger partial charge on any atom is 0.235 e. The number of thioether (sulfide) groups is 1. The molecule has 1 amide bonds. The van der Waals surface area contributed by atoms with Crippen LogP contribution in [0.15, 0.2) is 35.5 Å². The topological polar surface area (TPSA) is 50.5 Å². The third-order valence-electron chi connectivity index (χ3n) is 5.30. The van der Waals surface area contributed by atoms with E-state index in [0.717, 1.165) is 48.2 Å². The van der Waals surface area contributed by atoms with Crippen molar-refractivity contribution >= 4 is 34.2 Å². The molecule has 136 valence electrons. The van der Waals surface area contributed by atoms with Gasteiger partial charge in [0.25, 0.3) is 0 Å². The van der Waals surface area contributed by atoms with E-state index in [1.807, 2.05) is 24.0 Å². The minimum atomic E-state index is -0.170. The number of carbonyl (C=O) groups is 1. The van der Waals surface area contributed by atoms with Crippen LogP contribution in [0.4, 0.5) is 0 Å². The number of para-hydroxylation sites is 1. The molecule has 1 atom stereocenters. The van der Waals surface area contributed by atoms with Crippen molar-refractivity contribution in [3.05, 3.63) is 35.9 Å². The van der Waals surface area contributed by atoms with Gasteiger partial charge in [0, 0.05) is 18.5 Å². The lowest BCUT2D eigenvalue weighted by atomic mass is 9.99. The summed E-state index contributed by atoms with van der Waals surface area (Å²) in [6.45, 7) is 8.06. The van der Waals surface area contributed by atoms with Gasteiger partial charge in [0.15, 0.2) is 10.8 Å². The number of aryl methyl sites for hydroxylation is 1. The Morgan fingerprint density at radius 2 is 1.96 bits per heavy atom. The summed E-state index contributed by atoms with van der Waals surface area (Å²) in [7, 11) is 0. The quantitative estimate of drug-likeness (QED) is 0.657. The van der Waals surface area contributed by atoms with Gasteiger partial charge in [0.1, 0.15) is 0 Å². The van der Waals surface area contributed by atoms with Crippen LogP contribution in [-0.2, 0) is 4.79 Å². The van der Waals surface area contributed by atoms with E-state index in [1.54, 1.807) is 0 Å². The molecule has 4 rings (SSSR count). The van der Waals surface area contributed by atoms with Crippen LogP contribution >= 0.6 is 11.8 Å². The summed E-state index contributed by atoms with van der Waals surface area (Å²) < 4.78 is 2.06. The monoisotopic (exact) mass is 368 g/mol. The molecule has 3 heterocycles. The standard InChI is InChI=1S/C20H24N4OS/c1-13-8-10-23(11-9-13)19(25)15(3)26-20-22-21-18-12-14(2)16-6-4-5-7-17(16)24(18)20/h4-7,12-13,15H,8-11H2,1-3H3. The number of likely N-dealkylation sites (tertiary alicyclic amines) is 1. The van der Waals surface area contributed by atoms with Crippen molar-refractivity contribution in [1.82, 2.24) is 19.5 Å². The zero-order chi connectivity index (χ0) is 18.3. The van der Waals surface area contributed by atoms with E-state index in [1.165, 1.54) is 22.7 Å². The summed E-state index contributed by atoms with van der Waals surface area (Å²) in [6.07, 6.45) is 2.20. The van der Waals surface area contributed by atoms with Crippen molar-refractivity contribution in [1.29, 1.82) is 0 Å². The minimum Gasteiger partial charge on any atom is -0.342 e. The smallest absolute Gasteiger partial charge is 0.235 e. The number of amides is 1. The number of pyridine rings is 1. The SMILES string of the molecule is Cc1cc2nnc(SC(C)C(=O)N3CCC(C)CC3)n2c2ccccc12. The number of fused-ring (bicyclic) bond motifs is 3. The molecule has 0 N–H and O–H groups in total. The van der Waals surface area contributed by atoms with Gasteiger partial charge < -0.3 is 4.90 Å². The number of aromatic nitrogens is 3. The molecule has 2 aromatic heterocycles. The summed E-state index contributed by atoms with van der Waals surface area (Å²) in [5.74, 6) is 0.923. The van der Waals surface area contributed by atoms with Crippen LogP contribution in [0.5, 0.6) is 0 Å². The lowest BCUT2D eigenvalue weighted by molar-refractivity contribution is -0.131. The van der Waals surface area contributed by atoms with E-state index < -0.39 is 0 Å². The average molecular weight is 369 g/mol. The van der Waals surface area contributed by atoms with Crippen LogP contribution < -0.4 is 0 Å². The van der Waals surface area contributed by atoms with Crippen LogP contribution in [0.3, 0.4) is 0 Å². The molecule has 0 saturated carbocycles. The Hall–Kier alpha value is -2.08. The fourth-order valence-electron chi connectivity index (χ4n) is 3.65. The number of carbonyl (C=O) groups excluding carboxylic acids is 1. The average Bonchev–Trinajstić information content (AvgIpc) is 3.04. The van der Waals surface area contributed by atoms with Gasteiger partial charge in [-0.25, -0.2) is 0 Å². The fraction of sp³-hybridized carbons (Fsp3) is 0.450. The highest BCUT2D eigenvalue weighted by molar-refractivity contribution is 8.00. The van der Waals surface area contributed by atoms with E-state index >= 15 is 0 Å². The van der Waals surface area contributed by atoms with Gasteiger partial charge >= 0.3 is 0 Å². The highest BCUT2D eigenvalue weighted by atomic mass is 32.2. The molecule has 5 nitrogen and oxygen atoms in total. The molecule has 0 radical (unpaired) electrons. The number of piperidine rings is 1. The molecular weight excluding hydrogens is 344 g/mol. The van der Waals surface area contributed by atoms with Crippen molar-refractivity contribution in [3.8, 4) is 0 Å². The van der Waals surface area contributed by atoms with Crippen LogP contribution in [0.2, 0.25) is 0 Å². The van der Waals surface area contributed by atoms with Gasteiger partial charge in [-0.2, -0.15) is 0 Å². The summed E-state index contributed by atoms with van der Waals surface area (Å²) in [5.41, 5.74) is 3.10. The zero-order valence-corrected chi connectivity index (χ0v) is 16.3. The molecular formula is C20H24N4OS. The van der Waals surface area contributed by atoms with Gasteiger partial charge in [-0.05, 0) is 50.3 Å². The highest BCUT2D eigenvalue weighted by Crippen LogP contribution is 2.29. The van der Waals surface area contributed by atoms with Crippen molar-refractivity contribution in [2.45, 2.75) is 44.0 Å². The van der Waals surface area contributed by atoms with Gasteiger partial charge in [0.2, 0.25) is 5.91 Å². The molecule has 1 fully saturated rings. The van der Waals surface area contributed by atoms with E-state index in [2.05, 4.69) is 46.6 Å². The second-order valence-corrected chi connectivity index (χ2v) is 8.60. The van der Waals surface area contributed by atoms with E-state index in [9.17, 15) is 4.79 Å². The molecule has 26 heavy (non-hydrogen) atoms. The second-order valence-electron chi connectivity index (χ2n) is 7.29. The van der Waals surface area contributed by atoms with Crippen molar-refractivity contribution in [2.24, 2.45) is 5.92 Å². The van der Waals surface area contributed by atoms with Crippen LogP contribution in [-0.4, -0.2) is 43.7 Å². The fourth-order valence-corrected chi connectivity index (χ4v) is 4.60. The molecule has 1 aliphatic rings. The molecule has 0 spiro atoms. The first-order valence-corrected chi connectivity index (χ1v) is 10.1. The number of hydrogen-bond acceptors (Lipinski definition) is 4. The number of hydrogen-bond donors (Lipinski definition) is 0. The van der Waals surface area contributed by atoms with E-state index in [0.29, 0.717) is 0 Å². The predicted octanol–water partition coefficient (Wildman–Crippen LogP) is 3.93. The van der Waals surface area contributed by atoms with Crippen LogP contribution in [0, 0.1) is 12.8 Å². The molecule has 1 aliphatic heterocycles. The van der Waals surface area contributed by atoms with Crippen LogP contribution in [0.25, 0.3) is 16.6 Å². The minimum absolute atomic E-state index is 0.170. The Labute approximate surface area is 157 Å². The number of benzene rings is 1. The van der Waals surface area contributed by atoms with Gasteiger partial charge in [-0.15, -0.1) is 10.2 Å². The first-order valence-electron chi connectivity index (χ1n) is 9.23. The summed E-state index contributed by atoms with van der Waals surface area (Å²) in [4.78, 5) is 14.8. The number of nitrogens with zero attached hydrogens (tertiary/aromatic N) is 4. The first-order chi connectivity index (χ1) is 12.5. The molecule has 1 unspecified atom stereocenters. The van der Waals surface area contributed by atoms with Gasteiger partial charge in [-0.1, -0.05) is 36.9 Å². The highest BCUT2D eigenvalue weighted by Gasteiger charge is 2.26. The van der Waals surface area contributed by atoms with Gasteiger partial charge in [0.05, 0.1) is 10.8 Å². The molecule has 1 aromatic carbocycles. The molecule has 3 aromatic rings. The molecule has 1 saturated heterocycles. The Bertz CT molecular complexity index is 959. The third-order valence-corrected chi connectivity index (χ3v) is 6.33. The predicted molar refractivity (Wildman–Crippen MR) is 106 cm³/mol. The van der Waals surface area contributed by atoms with Gasteiger partial charge in [-0.3, -0.25) is 9.20 Å². The first kappa shape index (κ1) is 17.3. The summed E-state index contributed by atoms with van der Waals surface area (Å²) in [6, 6.07) is 10.3. The maximum absolute atomic E-state index is 12.8. The second kappa shape index (κ2) is 6.91. The maximum atomic E-state index is 12.8. The Kier molecular flexibility index (Phi) is 4.61. The van der Waals surface area contributed by atoms with Crippen molar-refractivity contribution < 1.29 is 4.79 Å². The van der Waals surface area contributed by atoms with Crippen LogP contribution in [0.1, 0.15) is 32.3 Å². The number of rotatable bonds is 3. The lowest BCUT2D eigenvalue weighted by Crippen LogP contribution is -2.41. The zero-order valence-electron chi connectivity index (χ0n) is 15.5. The largest absolute Gasteiger partial charge is 0.342 e. The summed E-state index contributed by atoms with van der Waals surface area (Å²) >= 11 is 1.50.